The Balaban J connectivity index is 1.09. The smallest absolute Gasteiger partial charge is 0.134 e. The maximum atomic E-state index is 12.8. The number of nitrogens with zero attached hydrogens (tertiary/aromatic N) is 5. The molecule has 0 aliphatic carbocycles. The highest BCUT2D eigenvalue weighted by atomic mass is 16.3. The van der Waals surface area contributed by atoms with Gasteiger partial charge in [0.2, 0.25) is 0 Å². The molecular formula is C37H41N5O. The Bertz CT molecular complexity index is 1480. The molecule has 6 heteroatoms. The molecule has 6 rings (SSSR count). The van der Waals surface area contributed by atoms with Crippen LogP contribution in [-0.4, -0.2) is 62.6 Å². The van der Waals surface area contributed by atoms with Crippen LogP contribution in [0.1, 0.15) is 46.8 Å². The van der Waals surface area contributed by atoms with E-state index >= 15 is 0 Å². The van der Waals surface area contributed by atoms with Crippen LogP contribution in [-0.2, 0) is 18.6 Å². The first-order valence-corrected chi connectivity index (χ1v) is 15.5. The fourth-order valence-corrected chi connectivity index (χ4v) is 6.41. The van der Waals surface area contributed by atoms with Crippen molar-refractivity contribution in [2.24, 2.45) is 0 Å². The molecule has 1 atom stereocenters. The fraction of sp³-hybridized carbons (Fsp3) is 0.297. The average molecular weight is 572 g/mol. The molecular weight excluding hydrogens is 530 g/mol. The van der Waals surface area contributed by atoms with Crippen LogP contribution in [0.5, 0.6) is 0 Å². The van der Waals surface area contributed by atoms with Gasteiger partial charge < -0.3 is 10.0 Å². The van der Waals surface area contributed by atoms with Gasteiger partial charge in [-0.05, 0) is 48.1 Å². The van der Waals surface area contributed by atoms with Crippen LogP contribution in [0.25, 0.3) is 0 Å². The SMILES string of the molecule is OC(c1ccccc1)(c1ccccc1)[C@@H](c1ccccc1)N1CCN(CCCCc2cn(Cc3ccccc3)nn2)CC1. The van der Waals surface area contributed by atoms with E-state index in [-0.39, 0.29) is 6.04 Å². The summed E-state index contributed by atoms with van der Waals surface area (Å²) < 4.78 is 1.93. The molecule has 1 aliphatic rings. The summed E-state index contributed by atoms with van der Waals surface area (Å²) in [5.41, 5.74) is 4.07. The summed E-state index contributed by atoms with van der Waals surface area (Å²) in [5.74, 6) is 0. The monoisotopic (exact) mass is 571 g/mol. The maximum absolute atomic E-state index is 12.8. The van der Waals surface area contributed by atoms with Crippen LogP contribution in [0.2, 0.25) is 0 Å². The van der Waals surface area contributed by atoms with Gasteiger partial charge in [-0.15, -0.1) is 5.10 Å². The van der Waals surface area contributed by atoms with Crippen molar-refractivity contribution in [1.29, 1.82) is 0 Å². The van der Waals surface area contributed by atoms with Crippen molar-refractivity contribution in [3.8, 4) is 0 Å². The molecule has 1 aromatic heterocycles. The number of hydrogen-bond donors (Lipinski definition) is 1. The average Bonchev–Trinajstić information content (AvgIpc) is 3.52. The van der Waals surface area contributed by atoms with E-state index in [1.54, 1.807) is 0 Å². The van der Waals surface area contributed by atoms with Crippen LogP contribution in [0.15, 0.2) is 128 Å². The lowest BCUT2D eigenvalue weighted by atomic mass is 9.76. The van der Waals surface area contributed by atoms with Crippen molar-refractivity contribution >= 4 is 0 Å². The minimum atomic E-state index is -1.19. The van der Waals surface area contributed by atoms with Gasteiger partial charge in [0.05, 0.1) is 18.3 Å². The molecule has 0 saturated carbocycles. The topological polar surface area (TPSA) is 57.4 Å². The molecule has 0 radical (unpaired) electrons. The second kappa shape index (κ2) is 13.9. The molecule has 1 N–H and O–H groups in total. The Kier molecular flexibility index (Phi) is 9.38. The zero-order valence-corrected chi connectivity index (χ0v) is 24.7. The lowest BCUT2D eigenvalue weighted by Crippen LogP contribution is -2.53. The first-order chi connectivity index (χ1) is 21.2. The summed E-state index contributed by atoms with van der Waals surface area (Å²) in [5, 5.41) is 21.5. The van der Waals surface area contributed by atoms with E-state index in [0.29, 0.717) is 0 Å². The third kappa shape index (κ3) is 6.94. The number of piperazine rings is 1. The van der Waals surface area contributed by atoms with Crippen LogP contribution >= 0.6 is 0 Å². The van der Waals surface area contributed by atoms with E-state index in [1.165, 1.54) is 5.56 Å². The summed E-state index contributed by atoms with van der Waals surface area (Å²) in [4.78, 5) is 5.05. The normalized spacial score (nSPS) is 15.4. The van der Waals surface area contributed by atoms with Crippen molar-refractivity contribution in [1.82, 2.24) is 24.8 Å². The van der Waals surface area contributed by atoms with Crippen LogP contribution < -0.4 is 0 Å². The van der Waals surface area contributed by atoms with Gasteiger partial charge in [-0.25, -0.2) is 4.68 Å². The number of aromatic nitrogens is 3. The second-order valence-electron chi connectivity index (χ2n) is 11.5. The van der Waals surface area contributed by atoms with Crippen LogP contribution in [0, 0.1) is 0 Å². The van der Waals surface area contributed by atoms with Gasteiger partial charge in [-0.1, -0.05) is 127 Å². The molecule has 43 heavy (non-hydrogen) atoms. The predicted molar refractivity (Wildman–Crippen MR) is 172 cm³/mol. The van der Waals surface area contributed by atoms with Crippen molar-refractivity contribution in [3.05, 3.63) is 155 Å². The number of benzene rings is 4. The van der Waals surface area contributed by atoms with Crippen molar-refractivity contribution in [2.75, 3.05) is 32.7 Å². The van der Waals surface area contributed by atoms with Crippen molar-refractivity contribution < 1.29 is 5.11 Å². The largest absolute Gasteiger partial charge is 0.378 e. The van der Waals surface area contributed by atoms with E-state index < -0.39 is 5.60 Å². The summed E-state index contributed by atoms with van der Waals surface area (Å²) in [7, 11) is 0. The van der Waals surface area contributed by atoms with E-state index in [0.717, 1.165) is 80.9 Å². The second-order valence-corrected chi connectivity index (χ2v) is 11.5. The Morgan fingerprint density at radius 2 is 1.23 bits per heavy atom. The van der Waals surface area contributed by atoms with Crippen LogP contribution in [0.4, 0.5) is 0 Å². The number of aryl methyl sites for hydroxylation is 1. The highest BCUT2D eigenvalue weighted by Gasteiger charge is 2.45. The zero-order valence-electron chi connectivity index (χ0n) is 24.7. The van der Waals surface area contributed by atoms with E-state index in [4.69, 9.17) is 0 Å². The Morgan fingerprint density at radius 1 is 0.674 bits per heavy atom. The quantitative estimate of drug-likeness (QED) is 0.188. The highest BCUT2D eigenvalue weighted by Crippen LogP contribution is 2.44. The van der Waals surface area contributed by atoms with E-state index in [1.807, 2.05) is 53.2 Å². The molecule has 0 unspecified atom stereocenters. The van der Waals surface area contributed by atoms with Crippen molar-refractivity contribution in [3.63, 3.8) is 0 Å². The molecule has 1 fully saturated rings. The molecule has 220 valence electrons. The maximum Gasteiger partial charge on any atom is 0.134 e. The van der Waals surface area contributed by atoms with Gasteiger partial charge in [0.1, 0.15) is 5.60 Å². The minimum absolute atomic E-state index is 0.209. The zero-order chi connectivity index (χ0) is 29.3. The molecule has 4 aromatic carbocycles. The molecule has 2 heterocycles. The molecule has 0 bridgehead atoms. The highest BCUT2D eigenvalue weighted by molar-refractivity contribution is 5.41. The number of aliphatic hydroxyl groups is 1. The van der Waals surface area contributed by atoms with Gasteiger partial charge >= 0.3 is 0 Å². The van der Waals surface area contributed by atoms with Gasteiger partial charge in [0, 0.05) is 32.4 Å². The standard InChI is InChI=1S/C37H41N5O/c43-37(33-19-9-3-10-20-33,34-21-11-4-12-22-34)36(32-17-7-2-8-18-32)41-27-25-40(26-28-41)24-14-13-23-35-30-42(39-38-35)29-31-15-5-1-6-16-31/h1-12,15-22,30,36,43H,13-14,23-29H2/t36-/m1/s1. The third-order valence-electron chi connectivity index (χ3n) is 8.64. The predicted octanol–water partition coefficient (Wildman–Crippen LogP) is 5.94. The van der Waals surface area contributed by atoms with Crippen LogP contribution in [0.3, 0.4) is 0 Å². The summed E-state index contributed by atoms with van der Waals surface area (Å²) in [6.07, 6.45) is 5.26. The van der Waals surface area contributed by atoms with E-state index in [2.05, 4.69) is 99.1 Å². The number of rotatable bonds is 12. The van der Waals surface area contributed by atoms with Gasteiger partial charge in [-0.2, -0.15) is 0 Å². The summed E-state index contributed by atoms with van der Waals surface area (Å²) in [6, 6.07) is 41.0. The molecule has 5 aromatic rings. The molecule has 6 nitrogen and oxygen atoms in total. The first-order valence-electron chi connectivity index (χ1n) is 15.5. The van der Waals surface area contributed by atoms with E-state index in [9.17, 15) is 5.11 Å². The Labute approximate surface area is 255 Å². The summed E-state index contributed by atoms with van der Waals surface area (Å²) >= 11 is 0. The molecule has 0 amide bonds. The number of unbranched alkanes of at least 4 members (excludes halogenated alkanes) is 1. The van der Waals surface area contributed by atoms with Crippen molar-refractivity contribution in [2.45, 2.75) is 37.5 Å². The lowest BCUT2D eigenvalue weighted by molar-refractivity contribution is -0.0397. The number of hydrogen-bond acceptors (Lipinski definition) is 5. The molecule has 0 spiro atoms. The van der Waals surface area contributed by atoms with Gasteiger partial charge in [0.25, 0.3) is 0 Å². The molecule has 1 aliphatic heterocycles. The summed E-state index contributed by atoms with van der Waals surface area (Å²) in [6.45, 7) is 5.59. The third-order valence-corrected chi connectivity index (χ3v) is 8.64. The fourth-order valence-electron chi connectivity index (χ4n) is 6.41. The Morgan fingerprint density at radius 3 is 1.84 bits per heavy atom. The minimum Gasteiger partial charge on any atom is -0.378 e. The van der Waals surface area contributed by atoms with Gasteiger partial charge in [-0.3, -0.25) is 4.90 Å². The lowest BCUT2D eigenvalue weighted by Gasteiger charge is -2.47. The van der Waals surface area contributed by atoms with Gasteiger partial charge in [0.15, 0.2) is 0 Å². The Hall–Kier alpha value is -4.10. The molecule has 1 saturated heterocycles. The first kappa shape index (κ1) is 29.0.